The highest BCUT2D eigenvalue weighted by atomic mass is 32.2. The summed E-state index contributed by atoms with van der Waals surface area (Å²) in [6.45, 7) is 10.5. The standard InChI is InChI=1S/C21H26F6O6S/c1-17(2,3)13-9-12(10-14(16(13)29)18(4,5)6)7-8-15(28)33-19(20(22,23)24,21(25,26)27)11-34(30,31)32/h7-10,29H,11H2,1-6H3,(H,30,31,32)/p-1/b8-7+. The average Bonchev–Trinajstić information content (AvgIpc) is 2.54. The van der Waals surface area contributed by atoms with E-state index in [0.29, 0.717) is 11.1 Å². The van der Waals surface area contributed by atoms with Crippen molar-refractivity contribution in [2.75, 3.05) is 5.75 Å². The van der Waals surface area contributed by atoms with Crippen molar-refractivity contribution in [3.05, 3.63) is 34.9 Å². The van der Waals surface area contributed by atoms with E-state index in [-0.39, 0.29) is 17.4 Å². The number of esters is 1. The normalized spacial score (nSPS) is 14.5. The van der Waals surface area contributed by atoms with Crippen LogP contribution in [0.4, 0.5) is 26.3 Å². The molecule has 1 aromatic carbocycles. The number of hydrogen-bond donors (Lipinski definition) is 1. The Kier molecular flexibility index (Phi) is 7.93. The van der Waals surface area contributed by atoms with Crippen LogP contribution in [0, 0.1) is 0 Å². The molecule has 0 saturated carbocycles. The number of phenols is 1. The van der Waals surface area contributed by atoms with Crippen LogP contribution >= 0.6 is 0 Å². The van der Waals surface area contributed by atoms with Crippen LogP contribution in [0.25, 0.3) is 6.08 Å². The van der Waals surface area contributed by atoms with E-state index in [2.05, 4.69) is 4.74 Å². The summed E-state index contributed by atoms with van der Waals surface area (Å²) in [6.07, 6.45) is -11.8. The van der Waals surface area contributed by atoms with Crippen LogP contribution in [0.1, 0.15) is 58.2 Å². The largest absolute Gasteiger partial charge is 0.748 e. The van der Waals surface area contributed by atoms with Crippen molar-refractivity contribution in [1.29, 1.82) is 0 Å². The minimum atomic E-state index is -6.45. The highest BCUT2D eigenvalue weighted by molar-refractivity contribution is 7.85. The van der Waals surface area contributed by atoms with Gasteiger partial charge in [-0.3, -0.25) is 0 Å². The molecule has 0 bridgehead atoms. The first-order chi connectivity index (χ1) is 14.8. The maximum absolute atomic E-state index is 13.3. The van der Waals surface area contributed by atoms with Crippen LogP contribution in [-0.4, -0.2) is 47.8 Å². The molecular formula is C21H25F6O6S-. The summed E-state index contributed by atoms with van der Waals surface area (Å²) in [5.41, 5.74) is -5.87. The van der Waals surface area contributed by atoms with Crippen molar-refractivity contribution in [1.82, 2.24) is 0 Å². The number of aromatic hydroxyl groups is 1. The fraction of sp³-hybridized carbons (Fsp3) is 0.571. The van der Waals surface area contributed by atoms with Gasteiger partial charge < -0.3 is 14.4 Å². The van der Waals surface area contributed by atoms with Gasteiger partial charge in [0.1, 0.15) is 5.75 Å². The third-order valence-corrected chi connectivity index (χ3v) is 5.49. The highest BCUT2D eigenvalue weighted by Crippen LogP contribution is 2.47. The number of rotatable bonds is 5. The predicted molar refractivity (Wildman–Crippen MR) is 110 cm³/mol. The Morgan fingerprint density at radius 1 is 0.941 bits per heavy atom. The molecule has 0 aliphatic rings. The molecule has 0 unspecified atom stereocenters. The van der Waals surface area contributed by atoms with Gasteiger partial charge in [-0.1, -0.05) is 41.5 Å². The number of hydrogen-bond acceptors (Lipinski definition) is 6. The van der Waals surface area contributed by atoms with Gasteiger partial charge in [0.15, 0.2) is 0 Å². The number of carbonyl (C=O) groups excluding carboxylic acids is 1. The van der Waals surface area contributed by atoms with Crippen LogP contribution in [-0.2, 0) is 30.5 Å². The molecular weight excluding hydrogens is 494 g/mol. The number of benzene rings is 1. The molecule has 1 N–H and O–H groups in total. The van der Waals surface area contributed by atoms with Crippen molar-refractivity contribution in [2.24, 2.45) is 0 Å². The summed E-state index contributed by atoms with van der Waals surface area (Å²) in [5.74, 6) is -5.32. The van der Waals surface area contributed by atoms with E-state index < -0.39 is 50.6 Å². The first-order valence-electron chi connectivity index (χ1n) is 9.68. The molecule has 0 spiro atoms. The van der Waals surface area contributed by atoms with Gasteiger partial charge in [-0.25, -0.2) is 13.2 Å². The molecule has 0 fully saturated rings. The molecule has 0 saturated heterocycles. The van der Waals surface area contributed by atoms with Crippen LogP contribution in [0.2, 0.25) is 0 Å². The third kappa shape index (κ3) is 6.87. The fourth-order valence-electron chi connectivity index (χ4n) is 2.98. The number of halogens is 6. The molecule has 0 heterocycles. The second-order valence-electron chi connectivity index (χ2n) is 9.74. The lowest BCUT2D eigenvalue weighted by Gasteiger charge is -2.36. The van der Waals surface area contributed by atoms with Crippen LogP contribution in [0.3, 0.4) is 0 Å². The number of phenolic OH excluding ortho intramolecular Hbond substituents is 1. The lowest BCUT2D eigenvalue weighted by Crippen LogP contribution is -2.63. The van der Waals surface area contributed by atoms with Gasteiger partial charge in [0.25, 0.3) is 0 Å². The first-order valence-corrected chi connectivity index (χ1v) is 11.3. The van der Waals surface area contributed by atoms with Crippen molar-refractivity contribution in [3.8, 4) is 5.75 Å². The summed E-state index contributed by atoms with van der Waals surface area (Å²) in [4.78, 5) is 12.0. The maximum Gasteiger partial charge on any atom is 0.438 e. The van der Waals surface area contributed by atoms with E-state index in [4.69, 9.17) is 0 Å². The summed E-state index contributed by atoms with van der Waals surface area (Å²) in [6, 6.07) is 2.77. The van der Waals surface area contributed by atoms with E-state index in [1.54, 1.807) is 41.5 Å². The van der Waals surface area contributed by atoms with E-state index >= 15 is 0 Å². The lowest BCUT2D eigenvalue weighted by molar-refractivity contribution is -0.360. The van der Waals surface area contributed by atoms with Gasteiger partial charge >= 0.3 is 23.9 Å². The Morgan fingerprint density at radius 3 is 1.62 bits per heavy atom. The van der Waals surface area contributed by atoms with Crippen molar-refractivity contribution < 1.29 is 54.0 Å². The Balaban J connectivity index is 3.56. The van der Waals surface area contributed by atoms with Gasteiger partial charge in [0.2, 0.25) is 0 Å². The fourth-order valence-corrected chi connectivity index (χ4v) is 3.87. The Labute approximate surface area is 193 Å². The summed E-state index contributed by atoms with van der Waals surface area (Å²) in [5, 5.41) is 10.6. The Bertz CT molecular complexity index is 1010. The van der Waals surface area contributed by atoms with Gasteiger partial charge in [-0.2, -0.15) is 26.3 Å². The van der Waals surface area contributed by atoms with Gasteiger partial charge in [0, 0.05) is 17.2 Å². The van der Waals surface area contributed by atoms with Crippen molar-refractivity contribution in [3.63, 3.8) is 0 Å². The molecule has 34 heavy (non-hydrogen) atoms. The molecule has 0 aromatic heterocycles. The molecule has 0 radical (unpaired) electrons. The summed E-state index contributed by atoms with van der Waals surface area (Å²) >= 11 is 0. The number of carbonyl (C=O) groups is 1. The molecule has 1 rings (SSSR count). The zero-order valence-corrected chi connectivity index (χ0v) is 20.0. The molecule has 13 heteroatoms. The van der Waals surface area contributed by atoms with Gasteiger partial charge in [-0.05, 0) is 34.6 Å². The zero-order valence-electron chi connectivity index (χ0n) is 19.2. The molecule has 194 valence electrons. The zero-order chi connectivity index (χ0) is 27.1. The quantitative estimate of drug-likeness (QED) is 0.256. The van der Waals surface area contributed by atoms with Crippen molar-refractivity contribution in [2.45, 2.75) is 70.3 Å². The van der Waals surface area contributed by atoms with E-state index in [0.717, 1.165) is 6.08 Å². The monoisotopic (exact) mass is 519 g/mol. The Hall–Kier alpha value is -2.28. The van der Waals surface area contributed by atoms with Crippen LogP contribution in [0.15, 0.2) is 18.2 Å². The van der Waals surface area contributed by atoms with Crippen LogP contribution in [0.5, 0.6) is 5.75 Å². The van der Waals surface area contributed by atoms with E-state index in [1.807, 2.05) is 0 Å². The van der Waals surface area contributed by atoms with Crippen LogP contribution < -0.4 is 0 Å². The second kappa shape index (κ2) is 9.06. The first kappa shape index (κ1) is 29.8. The molecule has 6 nitrogen and oxygen atoms in total. The molecule has 1 aromatic rings. The Morgan fingerprint density at radius 2 is 1.32 bits per heavy atom. The minimum Gasteiger partial charge on any atom is -0.748 e. The summed E-state index contributed by atoms with van der Waals surface area (Å²) < 4.78 is 116. The molecule has 0 aliphatic heterocycles. The molecule has 0 amide bonds. The van der Waals surface area contributed by atoms with Crippen molar-refractivity contribution >= 4 is 22.2 Å². The SMILES string of the molecule is CC(C)(C)c1cc(/C=C/C(=O)OC(CS(=O)(=O)[O-])(C(F)(F)F)C(F)(F)F)cc(C(C)(C)C)c1O. The van der Waals surface area contributed by atoms with E-state index in [9.17, 15) is 49.2 Å². The highest BCUT2D eigenvalue weighted by Gasteiger charge is 2.75. The predicted octanol–water partition coefficient (Wildman–Crippen LogP) is 4.95. The summed E-state index contributed by atoms with van der Waals surface area (Å²) in [7, 11) is -6.13. The van der Waals surface area contributed by atoms with Gasteiger partial charge in [-0.15, -0.1) is 0 Å². The smallest absolute Gasteiger partial charge is 0.438 e. The topological polar surface area (TPSA) is 104 Å². The maximum atomic E-state index is 13.3. The molecule has 0 aliphatic carbocycles. The third-order valence-electron chi connectivity index (χ3n) is 4.73. The number of alkyl halides is 6. The number of ether oxygens (including phenoxy) is 1. The molecule has 0 atom stereocenters. The van der Waals surface area contributed by atoms with E-state index in [1.165, 1.54) is 12.1 Å². The average molecular weight is 519 g/mol. The van der Waals surface area contributed by atoms with Gasteiger partial charge in [0.05, 0.1) is 15.9 Å². The second-order valence-corrected chi connectivity index (χ2v) is 11.1. The lowest BCUT2D eigenvalue weighted by atomic mass is 9.78. The minimum absolute atomic E-state index is 0.0615.